The van der Waals surface area contributed by atoms with E-state index in [4.69, 9.17) is 30.5 Å². The number of rotatable bonds is 9. The van der Waals surface area contributed by atoms with Gasteiger partial charge >= 0.3 is 5.97 Å². The van der Waals surface area contributed by atoms with Crippen LogP contribution in [0.3, 0.4) is 0 Å². The van der Waals surface area contributed by atoms with Gasteiger partial charge in [-0.05, 0) is 42.2 Å². The number of carboxylic acid groups (broad SMARTS) is 1. The fourth-order valence-corrected chi connectivity index (χ4v) is 5.30. The molecule has 0 aromatic heterocycles. The van der Waals surface area contributed by atoms with Crippen molar-refractivity contribution in [2.24, 2.45) is 0 Å². The van der Waals surface area contributed by atoms with E-state index in [-0.39, 0.29) is 17.4 Å². The van der Waals surface area contributed by atoms with Crippen LogP contribution in [-0.4, -0.2) is 50.2 Å². The summed E-state index contributed by atoms with van der Waals surface area (Å²) in [5, 5.41) is 23.2. The second kappa shape index (κ2) is 11.4. The first-order valence-corrected chi connectivity index (χ1v) is 12.5. The summed E-state index contributed by atoms with van der Waals surface area (Å²) in [5.41, 5.74) is 2.08. The van der Waals surface area contributed by atoms with Gasteiger partial charge in [0.05, 0.1) is 32.0 Å². The summed E-state index contributed by atoms with van der Waals surface area (Å²) in [6.07, 6.45) is 5.28. The number of nitrogens with one attached hydrogen (secondary N) is 1. The first-order valence-electron chi connectivity index (χ1n) is 12.1. The Balaban J connectivity index is 1.77. The number of aliphatic carboxylic acids is 1. The molecule has 9 heteroatoms. The van der Waals surface area contributed by atoms with Gasteiger partial charge in [0, 0.05) is 37.3 Å². The fraction of sp³-hybridized carbons (Fsp3) is 0.481. The molecule has 4 rings (SSSR count). The lowest BCUT2D eigenvalue weighted by molar-refractivity contribution is -0.145. The molecule has 1 saturated heterocycles. The van der Waals surface area contributed by atoms with Gasteiger partial charge in [-0.15, -0.1) is 0 Å². The molecule has 2 aliphatic rings. The van der Waals surface area contributed by atoms with Gasteiger partial charge in [0.1, 0.15) is 22.9 Å². The third-order valence-electron chi connectivity index (χ3n) is 7.03. The van der Waals surface area contributed by atoms with Crippen molar-refractivity contribution in [2.45, 2.75) is 56.8 Å². The highest BCUT2D eigenvalue weighted by Crippen LogP contribution is 2.44. The molecule has 0 spiro atoms. The number of carbonyl (C=O) groups is 1. The summed E-state index contributed by atoms with van der Waals surface area (Å²) in [5.74, 6) is -0.306. The van der Waals surface area contributed by atoms with Gasteiger partial charge in [0.25, 0.3) is 0 Å². The van der Waals surface area contributed by atoms with Crippen molar-refractivity contribution in [3.8, 4) is 28.7 Å². The molecule has 0 amide bonds. The number of anilines is 1. The predicted molar refractivity (Wildman–Crippen MR) is 136 cm³/mol. The van der Waals surface area contributed by atoms with Crippen LogP contribution in [-0.2, 0) is 20.9 Å². The largest absolute Gasteiger partial charge is 0.495 e. The lowest BCUT2D eigenvalue weighted by Crippen LogP contribution is -2.50. The number of benzene rings is 2. The number of nitrogens with zero attached hydrogens (tertiary/aromatic N) is 1. The SMILES string of the molecule is COc1cc(-c2ccc(NC3(C(=O)O)CCOCC3)cc2COC2CCCC2)c(Cl)c(OC)c1C#N. The molecular formula is C27H31ClN2O6. The molecule has 1 heterocycles. The number of ether oxygens (including phenoxy) is 4. The minimum atomic E-state index is -1.10. The Labute approximate surface area is 216 Å². The summed E-state index contributed by atoms with van der Waals surface area (Å²) in [6.45, 7) is 1.10. The second-order valence-electron chi connectivity index (χ2n) is 9.17. The van der Waals surface area contributed by atoms with Gasteiger partial charge in [-0.3, -0.25) is 0 Å². The van der Waals surface area contributed by atoms with Crippen molar-refractivity contribution in [1.29, 1.82) is 5.26 Å². The molecule has 36 heavy (non-hydrogen) atoms. The van der Waals surface area contributed by atoms with Crippen molar-refractivity contribution < 1.29 is 28.8 Å². The summed E-state index contributed by atoms with van der Waals surface area (Å²) < 4.78 is 22.6. The Morgan fingerprint density at radius 1 is 1.19 bits per heavy atom. The minimum absolute atomic E-state index is 0.191. The Morgan fingerprint density at radius 3 is 2.53 bits per heavy atom. The van der Waals surface area contributed by atoms with Crippen LogP contribution in [0.15, 0.2) is 24.3 Å². The monoisotopic (exact) mass is 514 g/mol. The Hall–Kier alpha value is -2.99. The third kappa shape index (κ3) is 5.24. The Kier molecular flexibility index (Phi) is 8.24. The first-order chi connectivity index (χ1) is 17.4. The van der Waals surface area contributed by atoms with Gasteiger partial charge in [-0.25, -0.2) is 4.79 Å². The van der Waals surface area contributed by atoms with E-state index in [0.29, 0.717) is 54.7 Å². The third-order valence-corrected chi connectivity index (χ3v) is 7.41. The number of hydrogen-bond acceptors (Lipinski definition) is 7. The number of hydrogen-bond donors (Lipinski definition) is 2. The van der Waals surface area contributed by atoms with E-state index in [2.05, 4.69) is 11.4 Å². The summed E-state index contributed by atoms with van der Waals surface area (Å²) in [7, 11) is 2.95. The van der Waals surface area contributed by atoms with E-state index in [1.165, 1.54) is 14.2 Å². The zero-order chi connectivity index (χ0) is 25.7. The topological polar surface area (TPSA) is 110 Å². The van der Waals surface area contributed by atoms with E-state index in [0.717, 1.165) is 36.8 Å². The van der Waals surface area contributed by atoms with Crippen molar-refractivity contribution >= 4 is 23.3 Å². The molecule has 1 saturated carbocycles. The average Bonchev–Trinajstić information content (AvgIpc) is 3.41. The smallest absolute Gasteiger partial charge is 0.329 e. The Bertz CT molecular complexity index is 1150. The maximum Gasteiger partial charge on any atom is 0.329 e. The first kappa shape index (κ1) is 26.1. The summed E-state index contributed by atoms with van der Waals surface area (Å²) in [6, 6.07) is 9.46. The van der Waals surface area contributed by atoms with Gasteiger partial charge in [0.15, 0.2) is 5.75 Å². The van der Waals surface area contributed by atoms with Crippen molar-refractivity contribution in [3.63, 3.8) is 0 Å². The van der Waals surface area contributed by atoms with Crippen LogP contribution in [0.4, 0.5) is 5.69 Å². The van der Waals surface area contributed by atoms with Crippen molar-refractivity contribution in [3.05, 3.63) is 40.4 Å². The zero-order valence-electron chi connectivity index (χ0n) is 20.6. The molecular weight excluding hydrogens is 484 g/mol. The van der Waals surface area contributed by atoms with Crippen LogP contribution in [0, 0.1) is 11.3 Å². The highest BCUT2D eigenvalue weighted by atomic mass is 35.5. The summed E-state index contributed by atoms with van der Waals surface area (Å²) >= 11 is 6.73. The predicted octanol–water partition coefficient (Wildman–Crippen LogP) is 5.40. The molecule has 2 aromatic rings. The molecule has 0 atom stereocenters. The van der Waals surface area contributed by atoms with Crippen molar-refractivity contribution in [1.82, 2.24) is 0 Å². The van der Waals surface area contributed by atoms with Gasteiger partial charge in [0.2, 0.25) is 0 Å². The lowest BCUT2D eigenvalue weighted by Gasteiger charge is -2.35. The minimum Gasteiger partial charge on any atom is -0.495 e. The van der Waals surface area contributed by atoms with Gasteiger partial charge in [-0.1, -0.05) is 30.5 Å². The molecule has 1 aliphatic heterocycles. The molecule has 0 radical (unpaired) electrons. The fourth-order valence-electron chi connectivity index (χ4n) is 4.97. The van der Waals surface area contributed by atoms with E-state index >= 15 is 0 Å². The van der Waals surface area contributed by atoms with Crippen LogP contribution in [0.5, 0.6) is 11.5 Å². The average molecular weight is 515 g/mol. The maximum absolute atomic E-state index is 12.2. The van der Waals surface area contributed by atoms with E-state index in [1.54, 1.807) is 6.07 Å². The molecule has 192 valence electrons. The normalized spacial score (nSPS) is 17.4. The van der Waals surface area contributed by atoms with Gasteiger partial charge in [-0.2, -0.15) is 5.26 Å². The second-order valence-corrected chi connectivity index (χ2v) is 9.55. The van der Waals surface area contributed by atoms with E-state index in [9.17, 15) is 15.2 Å². The molecule has 2 fully saturated rings. The van der Waals surface area contributed by atoms with E-state index in [1.807, 2.05) is 18.2 Å². The number of methoxy groups -OCH3 is 2. The highest BCUT2D eigenvalue weighted by Gasteiger charge is 2.40. The number of carboxylic acids is 1. The van der Waals surface area contributed by atoms with Crippen LogP contribution in [0.2, 0.25) is 5.02 Å². The number of nitriles is 1. The highest BCUT2D eigenvalue weighted by molar-refractivity contribution is 6.35. The molecule has 0 bridgehead atoms. The maximum atomic E-state index is 12.2. The Morgan fingerprint density at radius 2 is 1.92 bits per heavy atom. The molecule has 2 aromatic carbocycles. The molecule has 2 N–H and O–H groups in total. The van der Waals surface area contributed by atoms with Crippen LogP contribution >= 0.6 is 11.6 Å². The quantitative estimate of drug-likeness (QED) is 0.457. The molecule has 0 unspecified atom stereocenters. The number of halogens is 1. The van der Waals surface area contributed by atoms with Crippen molar-refractivity contribution in [2.75, 3.05) is 32.8 Å². The van der Waals surface area contributed by atoms with Crippen LogP contribution in [0.25, 0.3) is 11.1 Å². The van der Waals surface area contributed by atoms with Crippen LogP contribution in [0.1, 0.15) is 49.7 Å². The molecule has 1 aliphatic carbocycles. The van der Waals surface area contributed by atoms with E-state index < -0.39 is 11.5 Å². The summed E-state index contributed by atoms with van der Waals surface area (Å²) in [4.78, 5) is 12.2. The van der Waals surface area contributed by atoms with Gasteiger partial charge < -0.3 is 29.4 Å². The zero-order valence-corrected chi connectivity index (χ0v) is 21.3. The standard InChI is InChI=1S/C27H31ClN2O6/c1-33-23-14-21(24(28)25(34-2)22(23)15-29)20-8-7-18(13-17(20)16-36-19-5-3-4-6-19)30-27(26(31)32)9-11-35-12-10-27/h7-8,13-14,19,30H,3-6,9-12,16H2,1-2H3,(H,31,32). The van der Waals surface area contributed by atoms with Crippen LogP contribution < -0.4 is 14.8 Å². The lowest BCUT2D eigenvalue weighted by atomic mass is 9.89. The molecule has 8 nitrogen and oxygen atoms in total.